The van der Waals surface area contributed by atoms with Gasteiger partial charge in [-0.2, -0.15) is 0 Å². The van der Waals surface area contributed by atoms with Gasteiger partial charge < -0.3 is 4.74 Å². The molecule has 1 aromatic heterocycles. The van der Waals surface area contributed by atoms with Crippen LogP contribution in [0.1, 0.15) is 5.56 Å². The van der Waals surface area contributed by atoms with Crippen molar-refractivity contribution in [3.05, 3.63) is 30.1 Å². The predicted molar refractivity (Wildman–Crippen MR) is 34.5 cm³/mol. The van der Waals surface area contributed by atoms with Gasteiger partial charge in [0.05, 0.1) is 6.61 Å². The molecule has 0 aliphatic heterocycles. The van der Waals surface area contributed by atoms with Crippen molar-refractivity contribution in [2.75, 3.05) is 7.11 Å². The summed E-state index contributed by atoms with van der Waals surface area (Å²) in [5, 5.41) is 8.90. The van der Waals surface area contributed by atoms with E-state index < -0.39 is 0 Å². The molecular formula is C7H10NO2+. The Bertz CT molecular complexity index is 213. The van der Waals surface area contributed by atoms with Gasteiger partial charge in [-0.15, -0.1) is 0 Å². The molecule has 0 radical (unpaired) electrons. The summed E-state index contributed by atoms with van der Waals surface area (Å²) >= 11 is 0. The minimum atomic E-state index is 0.529. The number of rotatable bonds is 2. The highest BCUT2D eigenvalue weighted by atomic mass is 16.5. The van der Waals surface area contributed by atoms with E-state index in [0.29, 0.717) is 6.61 Å². The Kier molecular flexibility index (Phi) is 2.23. The Labute approximate surface area is 59.5 Å². The first-order valence-electron chi connectivity index (χ1n) is 3.01. The Hall–Kier alpha value is -1.09. The van der Waals surface area contributed by atoms with Gasteiger partial charge in [0.25, 0.3) is 0 Å². The van der Waals surface area contributed by atoms with Crippen molar-refractivity contribution in [2.24, 2.45) is 0 Å². The summed E-state index contributed by atoms with van der Waals surface area (Å²) in [6, 6.07) is 3.64. The van der Waals surface area contributed by atoms with Crippen LogP contribution in [0.25, 0.3) is 0 Å². The number of methoxy groups -OCH3 is 1. The van der Waals surface area contributed by atoms with Gasteiger partial charge in [-0.05, 0) is 6.07 Å². The van der Waals surface area contributed by atoms with Crippen LogP contribution in [0.3, 0.4) is 0 Å². The normalized spacial score (nSPS) is 9.70. The van der Waals surface area contributed by atoms with E-state index in [1.807, 2.05) is 6.07 Å². The van der Waals surface area contributed by atoms with E-state index >= 15 is 0 Å². The smallest absolute Gasteiger partial charge is 0.227 e. The van der Waals surface area contributed by atoms with Crippen molar-refractivity contribution in [3.8, 4) is 0 Å². The highest BCUT2D eigenvalue weighted by Crippen LogP contribution is 1.94. The van der Waals surface area contributed by atoms with Crippen LogP contribution in [-0.4, -0.2) is 12.3 Å². The molecule has 0 unspecified atom stereocenters. The summed E-state index contributed by atoms with van der Waals surface area (Å²) in [5.41, 5.74) is 0.951. The second kappa shape index (κ2) is 3.17. The van der Waals surface area contributed by atoms with Gasteiger partial charge >= 0.3 is 0 Å². The monoisotopic (exact) mass is 140 g/mol. The lowest BCUT2D eigenvalue weighted by Crippen LogP contribution is -2.28. The Morgan fingerprint density at radius 2 is 2.50 bits per heavy atom. The summed E-state index contributed by atoms with van der Waals surface area (Å²) in [7, 11) is 1.62. The molecule has 0 amide bonds. The number of pyridine rings is 1. The zero-order valence-corrected chi connectivity index (χ0v) is 5.82. The first-order valence-corrected chi connectivity index (χ1v) is 3.01. The first kappa shape index (κ1) is 7.02. The molecule has 0 saturated carbocycles. The third-order valence-corrected chi connectivity index (χ3v) is 1.16. The van der Waals surface area contributed by atoms with Crippen molar-refractivity contribution in [1.82, 2.24) is 0 Å². The summed E-state index contributed by atoms with van der Waals surface area (Å²) in [4.78, 5) is 0. The molecule has 0 saturated heterocycles. The fraction of sp³-hybridized carbons (Fsp3) is 0.286. The molecule has 54 valence electrons. The molecule has 0 aliphatic carbocycles. The summed E-state index contributed by atoms with van der Waals surface area (Å²) in [6.07, 6.45) is 3.16. The second-order valence-corrected chi connectivity index (χ2v) is 2.03. The Balaban J connectivity index is 2.75. The molecule has 1 aromatic rings. The molecule has 1 heterocycles. The molecule has 3 nitrogen and oxygen atoms in total. The summed E-state index contributed by atoms with van der Waals surface area (Å²) < 4.78 is 5.87. The van der Waals surface area contributed by atoms with Crippen LogP contribution in [0.15, 0.2) is 24.5 Å². The largest absolute Gasteiger partial charge is 0.380 e. The Morgan fingerprint density at radius 3 is 3.10 bits per heavy atom. The lowest BCUT2D eigenvalue weighted by atomic mass is 10.3. The van der Waals surface area contributed by atoms with Gasteiger partial charge in [0.1, 0.15) is 0 Å². The van der Waals surface area contributed by atoms with Crippen LogP contribution in [-0.2, 0) is 11.3 Å². The summed E-state index contributed by atoms with van der Waals surface area (Å²) in [5.74, 6) is 0. The van der Waals surface area contributed by atoms with Gasteiger partial charge in [0.2, 0.25) is 12.4 Å². The third-order valence-electron chi connectivity index (χ3n) is 1.16. The molecule has 0 spiro atoms. The Morgan fingerprint density at radius 1 is 1.70 bits per heavy atom. The lowest BCUT2D eigenvalue weighted by Gasteiger charge is -1.93. The van der Waals surface area contributed by atoms with Gasteiger partial charge in [0.15, 0.2) is 0 Å². The molecule has 0 fully saturated rings. The number of ether oxygens (including phenoxy) is 1. The van der Waals surface area contributed by atoms with E-state index in [-0.39, 0.29) is 0 Å². The molecule has 0 aliphatic rings. The van der Waals surface area contributed by atoms with Gasteiger partial charge in [0, 0.05) is 23.5 Å². The van der Waals surface area contributed by atoms with Crippen LogP contribution < -0.4 is 4.73 Å². The van der Waals surface area contributed by atoms with E-state index in [1.54, 1.807) is 25.6 Å². The number of aromatic nitrogens is 1. The van der Waals surface area contributed by atoms with E-state index in [9.17, 15) is 0 Å². The van der Waals surface area contributed by atoms with Crippen molar-refractivity contribution in [2.45, 2.75) is 6.61 Å². The molecule has 1 rings (SSSR count). The first-order chi connectivity index (χ1) is 4.83. The van der Waals surface area contributed by atoms with Crippen LogP contribution in [0.4, 0.5) is 0 Å². The van der Waals surface area contributed by atoms with Crippen molar-refractivity contribution < 1.29 is 14.7 Å². The molecule has 1 N–H and O–H groups in total. The average Bonchev–Trinajstić information content (AvgIpc) is 1.88. The molecule has 0 atom stereocenters. The minimum Gasteiger partial charge on any atom is -0.380 e. The van der Waals surface area contributed by atoms with Crippen molar-refractivity contribution in [1.29, 1.82) is 0 Å². The van der Waals surface area contributed by atoms with Crippen LogP contribution in [0.2, 0.25) is 0 Å². The van der Waals surface area contributed by atoms with Crippen LogP contribution >= 0.6 is 0 Å². The fourth-order valence-electron chi connectivity index (χ4n) is 0.763. The van der Waals surface area contributed by atoms with Crippen LogP contribution in [0, 0.1) is 0 Å². The zero-order chi connectivity index (χ0) is 7.40. The third kappa shape index (κ3) is 1.70. The molecule has 0 bridgehead atoms. The minimum absolute atomic E-state index is 0.529. The van der Waals surface area contributed by atoms with Gasteiger partial charge in [-0.25, -0.2) is 0 Å². The lowest BCUT2D eigenvalue weighted by molar-refractivity contribution is -0.905. The highest BCUT2D eigenvalue weighted by Gasteiger charge is 1.97. The van der Waals surface area contributed by atoms with Crippen LogP contribution in [0.5, 0.6) is 0 Å². The number of nitrogens with zero attached hydrogens (tertiary/aromatic N) is 1. The molecule has 0 aromatic carbocycles. The average molecular weight is 140 g/mol. The maximum atomic E-state index is 8.90. The maximum absolute atomic E-state index is 8.90. The zero-order valence-electron chi connectivity index (χ0n) is 5.82. The van der Waals surface area contributed by atoms with E-state index in [2.05, 4.69) is 0 Å². The van der Waals surface area contributed by atoms with Gasteiger partial charge in [-0.1, -0.05) is 0 Å². The van der Waals surface area contributed by atoms with E-state index in [1.165, 1.54) is 0 Å². The van der Waals surface area contributed by atoms with E-state index in [4.69, 9.17) is 9.94 Å². The highest BCUT2D eigenvalue weighted by molar-refractivity contribution is 5.03. The molecule has 3 heteroatoms. The fourth-order valence-corrected chi connectivity index (χ4v) is 0.763. The van der Waals surface area contributed by atoms with Crippen molar-refractivity contribution >= 4 is 0 Å². The second-order valence-electron chi connectivity index (χ2n) is 2.03. The number of hydrogen-bond donors (Lipinski definition) is 1. The van der Waals surface area contributed by atoms with Gasteiger partial charge in [-0.3, -0.25) is 5.21 Å². The predicted octanol–water partition coefficient (Wildman–Crippen LogP) is 0.358. The maximum Gasteiger partial charge on any atom is 0.227 e. The molecular weight excluding hydrogens is 130 g/mol. The quantitative estimate of drug-likeness (QED) is 0.475. The number of hydrogen-bond acceptors (Lipinski definition) is 2. The topological polar surface area (TPSA) is 33.3 Å². The molecule has 10 heavy (non-hydrogen) atoms. The summed E-state index contributed by atoms with van der Waals surface area (Å²) in [6.45, 7) is 0.529. The standard InChI is InChI=1S/C7H10NO2/c1-10-6-7-3-2-4-8(9)5-7/h2-5,9H,6H2,1H3/q+1. The van der Waals surface area contributed by atoms with E-state index in [0.717, 1.165) is 10.3 Å². The van der Waals surface area contributed by atoms with Crippen molar-refractivity contribution in [3.63, 3.8) is 0 Å². The SMILES string of the molecule is COCc1ccc[n+](O)c1.